The zero-order valence-electron chi connectivity index (χ0n) is 11.7. The summed E-state index contributed by atoms with van der Waals surface area (Å²) in [6.45, 7) is 2.04. The van der Waals surface area contributed by atoms with Gasteiger partial charge in [-0.2, -0.15) is 13.2 Å². The third-order valence-corrected chi connectivity index (χ3v) is 4.35. The number of rotatable bonds is 3. The predicted molar refractivity (Wildman–Crippen MR) is 72.3 cm³/mol. The first kappa shape index (κ1) is 15.4. The number of aryl methyl sites for hydroxylation is 1. The number of benzene rings is 1. The molecule has 3 atom stereocenters. The van der Waals surface area contributed by atoms with Crippen molar-refractivity contribution in [3.8, 4) is 0 Å². The fraction of sp³-hybridized carbons (Fsp3) is 0.625. The Morgan fingerprint density at radius 3 is 2.40 bits per heavy atom. The Bertz CT molecular complexity index is 424. The average molecular weight is 286 g/mol. The minimum Gasteiger partial charge on any atom is -0.388 e. The molecule has 0 bridgehead atoms. The summed E-state index contributed by atoms with van der Waals surface area (Å²) >= 11 is 0. The maximum absolute atomic E-state index is 12.8. The second-order valence-corrected chi connectivity index (χ2v) is 5.71. The summed E-state index contributed by atoms with van der Waals surface area (Å²) in [6, 6.07) is 7.53. The van der Waals surface area contributed by atoms with Crippen molar-refractivity contribution in [2.45, 2.75) is 51.3 Å². The normalized spacial score (nSPS) is 25.4. The molecule has 112 valence electrons. The van der Waals surface area contributed by atoms with Gasteiger partial charge in [0.2, 0.25) is 0 Å². The van der Waals surface area contributed by atoms with Crippen LogP contribution < -0.4 is 0 Å². The molecule has 1 aliphatic rings. The van der Waals surface area contributed by atoms with E-state index in [0.717, 1.165) is 17.5 Å². The van der Waals surface area contributed by atoms with Gasteiger partial charge in [0.15, 0.2) is 0 Å². The molecular weight excluding hydrogens is 265 g/mol. The number of alkyl halides is 3. The first-order valence-electron chi connectivity index (χ1n) is 7.25. The van der Waals surface area contributed by atoms with Crippen molar-refractivity contribution in [3.63, 3.8) is 0 Å². The molecule has 1 N–H and O–H groups in total. The number of halogens is 3. The van der Waals surface area contributed by atoms with Gasteiger partial charge in [0, 0.05) is 0 Å². The summed E-state index contributed by atoms with van der Waals surface area (Å²) in [5.74, 6) is -1.55. The second kappa shape index (κ2) is 6.17. The molecule has 0 amide bonds. The third-order valence-electron chi connectivity index (χ3n) is 4.35. The summed E-state index contributed by atoms with van der Waals surface area (Å²) in [4.78, 5) is 0. The molecule has 0 radical (unpaired) electrons. The van der Waals surface area contributed by atoms with Crippen LogP contribution in [0.1, 0.15) is 49.8 Å². The van der Waals surface area contributed by atoms with E-state index < -0.39 is 18.2 Å². The van der Waals surface area contributed by atoms with Crippen LogP contribution in [0.5, 0.6) is 0 Å². The molecule has 1 saturated carbocycles. The summed E-state index contributed by atoms with van der Waals surface area (Å²) < 4.78 is 38.4. The molecule has 3 unspecified atom stereocenters. The van der Waals surface area contributed by atoms with Gasteiger partial charge >= 0.3 is 6.18 Å². The molecule has 0 spiro atoms. The first-order valence-corrected chi connectivity index (χ1v) is 7.25. The third kappa shape index (κ3) is 3.54. The van der Waals surface area contributed by atoms with Crippen LogP contribution >= 0.6 is 0 Å². The van der Waals surface area contributed by atoms with Crippen LogP contribution in [-0.2, 0) is 6.42 Å². The van der Waals surface area contributed by atoms with Gasteiger partial charge in [-0.05, 0) is 42.7 Å². The summed E-state index contributed by atoms with van der Waals surface area (Å²) in [5, 5.41) is 10.3. The molecule has 1 aliphatic carbocycles. The van der Waals surface area contributed by atoms with Crippen LogP contribution in [0.25, 0.3) is 0 Å². The number of hydrogen-bond acceptors (Lipinski definition) is 1. The summed E-state index contributed by atoms with van der Waals surface area (Å²) in [6.07, 6.45) is -2.56. The molecule has 1 nitrogen and oxygen atoms in total. The standard InChI is InChI=1S/C16H21F3O/c1-2-11-6-8-12(9-7-11)15(20)13-4-3-5-14(10-13)16(17,18)19/h6-9,13-15,20H,2-5,10H2,1H3. The molecule has 20 heavy (non-hydrogen) atoms. The summed E-state index contributed by atoms with van der Waals surface area (Å²) in [5.41, 5.74) is 1.90. The highest BCUT2D eigenvalue weighted by molar-refractivity contribution is 5.24. The van der Waals surface area contributed by atoms with Gasteiger partial charge in [-0.1, -0.05) is 37.6 Å². The van der Waals surface area contributed by atoms with Crippen molar-refractivity contribution in [3.05, 3.63) is 35.4 Å². The predicted octanol–water partition coefficient (Wildman–Crippen LogP) is 4.65. The average Bonchev–Trinajstić information content (AvgIpc) is 2.46. The highest BCUT2D eigenvalue weighted by atomic mass is 19.4. The Morgan fingerprint density at radius 1 is 1.20 bits per heavy atom. The van der Waals surface area contributed by atoms with Crippen LogP contribution in [0.15, 0.2) is 24.3 Å². The van der Waals surface area contributed by atoms with E-state index in [9.17, 15) is 18.3 Å². The van der Waals surface area contributed by atoms with Crippen molar-refractivity contribution in [1.29, 1.82) is 0 Å². The molecule has 1 aromatic rings. The van der Waals surface area contributed by atoms with E-state index in [-0.39, 0.29) is 18.8 Å². The smallest absolute Gasteiger partial charge is 0.388 e. The minimum absolute atomic E-state index is 0.0419. The first-order chi connectivity index (χ1) is 9.41. The van der Waals surface area contributed by atoms with E-state index in [0.29, 0.717) is 12.8 Å². The highest BCUT2D eigenvalue weighted by Crippen LogP contribution is 2.43. The fourth-order valence-corrected chi connectivity index (χ4v) is 3.03. The fourth-order valence-electron chi connectivity index (χ4n) is 3.03. The Morgan fingerprint density at radius 2 is 1.85 bits per heavy atom. The molecule has 1 aromatic carbocycles. The lowest BCUT2D eigenvalue weighted by atomic mass is 9.77. The van der Waals surface area contributed by atoms with Crippen molar-refractivity contribution in [2.24, 2.45) is 11.8 Å². The summed E-state index contributed by atoms with van der Waals surface area (Å²) in [7, 11) is 0. The molecule has 1 fully saturated rings. The Hall–Kier alpha value is -1.03. The second-order valence-electron chi connectivity index (χ2n) is 5.71. The zero-order valence-corrected chi connectivity index (χ0v) is 11.7. The van der Waals surface area contributed by atoms with Gasteiger partial charge in [0.25, 0.3) is 0 Å². The van der Waals surface area contributed by atoms with Gasteiger partial charge in [-0.3, -0.25) is 0 Å². The van der Waals surface area contributed by atoms with Crippen LogP contribution in [0.3, 0.4) is 0 Å². The molecule has 0 saturated heterocycles. The van der Waals surface area contributed by atoms with Gasteiger partial charge in [0.05, 0.1) is 12.0 Å². The monoisotopic (exact) mass is 286 g/mol. The molecule has 2 rings (SSSR count). The van der Waals surface area contributed by atoms with E-state index in [1.165, 1.54) is 0 Å². The van der Waals surface area contributed by atoms with E-state index in [2.05, 4.69) is 0 Å². The van der Waals surface area contributed by atoms with Crippen LogP contribution in [-0.4, -0.2) is 11.3 Å². The van der Waals surface area contributed by atoms with E-state index in [1.54, 1.807) is 0 Å². The van der Waals surface area contributed by atoms with Crippen LogP contribution in [0, 0.1) is 11.8 Å². The lowest BCUT2D eigenvalue weighted by molar-refractivity contribution is -0.189. The molecule has 4 heteroatoms. The SMILES string of the molecule is CCc1ccc(C(O)C2CCCC(C(F)(F)F)C2)cc1. The van der Waals surface area contributed by atoms with Crippen molar-refractivity contribution < 1.29 is 18.3 Å². The lowest BCUT2D eigenvalue weighted by Crippen LogP contribution is -2.31. The molecule has 0 heterocycles. The molecular formula is C16H21F3O. The Kier molecular flexibility index (Phi) is 4.74. The van der Waals surface area contributed by atoms with Crippen molar-refractivity contribution in [2.75, 3.05) is 0 Å². The topological polar surface area (TPSA) is 20.2 Å². The zero-order chi connectivity index (χ0) is 14.8. The maximum Gasteiger partial charge on any atom is 0.391 e. The van der Waals surface area contributed by atoms with Crippen molar-refractivity contribution >= 4 is 0 Å². The number of aliphatic hydroxyl groups is 1. The maximum atomic E-state index is 12.8. The highest BCUT2D eigenvalue weighted by Gasteiger charge is 2.43. The number of hydrogen-bond donors (Lipinski definition) is 1. The minimum atomic E-state index is -4.13. The largest absolute Gasteiger partial charge is 0.391 e. The number of aliphatic hydroxyl groups excluding tert-OH is 1. The van der Waals surface area contributed by atoms with E-state index >= 15 is 0 Å². The van der Waals surface area contributed by atoms with Gasteiger partial charge in [-0.15, -0.1) is 0 Å². The van der Waals surface area contributed by atoms with E-state index in [4.69, 9.17) is 0 Å². The van der Waals surface area contributed by atoms with Crippen molar-refractivity contribution in [1.82, 2.24) is 0 Å². The Balaban J connectivity index is 2.05. The van der Waals surface area contributed by atoms with E-state index in [1.807, 2.05) is 31.2 Å². The van der Waals surface area contributed by atoms with Crippen LogP contribution in [0.4, 0.5) is 13.2 Å². The molecule has 0 aromatic heterocycles. The van der Waals surface area contributed by atoms with Gasteiger partial charge < -0.3 is 5.11 Å². The quantitative estimate of drug-likeness (QED) is 0.857. The Labute approximate surface area is 117 Å². The molecule has 0 aliphatic heterocycles. The van der Waals surface area contributed by atoms with Crippen LogP contribution in [0.2, 0.25) is 0 Å². The van der Waals surface area contributed by atoms with Gasteiger partial charge in [0.1, 0.15) is 0 Å². The lowest BCUT2D eigenvalue weighted by Gasteiger charge is -2.33. The van der Waals surface area contributed by atoms with Gasteiger partial charge in [-0.25, -0.2) is 0 Å².